The Morgan fingerprint density at radius 2 is 2.15 bits per heavy atom. The Labute approximate surface area is 122 Å². The van der Waals surface area contributed by atoms with Crippen LogP contribution >= 0.6 is 23.4 Å². The summed E-state index contributed by atoms with van der Waals surface area (Å²) in [6.45, 7) is 1.88. The molecule has 0 amide bonds. The van der Waals surface area contributed by atoms with Gasteiger partial charge in [-0.1, -0.05) is 5.10 Å². The highest BCUT2D eigenvalue weighted by Crippen LogP contribution is 2.25. The van der Waals surface area contributed by atoms with Crippen molar-refractivity contribution < 1.29 is 18.7 Å². The Kier molecular flexibility index (Phi) is 4.69. The molecule has 0 saturated carbocycles. The van der Waals surface area contributed by atoms with Crippen LogP contribution in [-0.4, -0.2) is 44.8 Å². The van der Waals surface area contributed by atoms with Gasteiger partial charge in [-0.25, -0.2) is 4.79 Å². The Hall–Kier alpha value is -1.94. The molecule has 0 N–H and O–H groups in total. The van der Waals surface area contributed by atoms with Crippen LogP contribution in [0.2, 0.25) is 5.28 Å². The van der Waals surface area contributed by atoms with Gasteiger partial charge in [0, 0.05) is 11.8 Å². The molecule has 0 radical (unpaired) electrons. The highest BCUT2D eigenvalue weighted by molar-refractivity contribution is 7.98. The second kappa shape index (κ2) is 6.48. The Morgan fingerprint density at radius 3 is 2.85 bits per heavy atom. The molecule has 0 saturated heterocycles. The van der Waals surface area contributed by atoms with Gasteiger partial charge in [-0.2, -0.15) is 15.0 Å². The fraction of sp³-hybridized carbons (Fsp3) is 0.333. The highest BCUT2D eigenvalue weighted by atomic mass is 35.5. The molecule has 20 heavy (non-hydrogen) atoms. The van der Waals surface area contributed by atoms with Crippen LogP contribution < -0.4 is 4.74 Å². The van der Waals surface area contributed by atoms with Gasteiger partial charge in [0.2, 0.25) is 10.4 Å². The molecule has 0 fully saturated rings. The normalized spacial score (nSPS) is 10.3. The van der Waals surface area contributed by atoms with Crippen molar-refractivity contribution in [2.75, 3.05) is 13.7 Å². The van der Waals surface area contributed by atoms with Crippen LogP contribution in [0.15, 0.2) is 14.8 Å². The maximum atomic E-state index is 11.4. The average molecular weight is 318 g/mol. The first-order valence-electron chi connectivity index (χ1n) is 5.26. The first-order chi connectivity index (χ1) is 9.62. The zero-order chi connectivity index (χ0) is 14.5. The number of carbonyl (C=O) groups is 1. The van der Waals surface area contributed by atoms with Crippen LogP contribution in [0, 0.1) is 0 Å². The topological polar surface area (TPSA) is 113 Å². The number of hydrogen-bond donors (Lipinski definition) is 0. The van der Waals surface area contributed by atoms with Gasteiger partial charge < -0.3 is 13.9 Å². The summed E-state index contributed by atoms with van der Waals surface area (Å²) in [5.41, 5.74) is 0. The van der Waals surface area contributed by atoms with E-state index in [2.05, 4.69) is 25.1 Å². The molecule has 9 nitrogen and oxygen atoms in total. The van der Waals surface area contributed by atoms with Crippen molar-refractivity contribution in [2.24, 2.45) is 0 Å². The van der Waals surface area contributed by atoms with Crippen molar-refractivity contribution in [3.63, 3.8) is 0 Å². The lowest BCUT2D eigenvalue weighted by atomic mass is 10.7. The molecular weight excluding hydrogens is 310 g/mol. The number of hydrogen-bond acceptors (Lipinski definition) is 10. The number of ether oxygens (including phenoxy) is 2. The van der Waals surface area contributed by atoms with Crippen LogP contribution in [0.25, 0.3) is 0 Å². The number of esters is 1. The molecular formula is C9H8ClN5O4S. The van der Waals surface area contributed by atoms with E-state index in [0.29, 0.717) is 0 Å². The minimum atomic E-state index is -0.696. The van der Waals surface area contributed by atoms with Crippen LogP contribution in [0.4, 0.5) is 0 Å². The lowest BCUT2D eigenvalue weighted by Crippen LogP contribution is -2.04. The summed E-state index contributed by atoms with van der Waals surface area (Å²) in [6, 6.07) is 0.0534. The molecule has 2 heterocycles. The fourth-order valence-electron chi connectivity index (χ4n) is 1.06. The third-order valence-electron chi connectivity index (χ3n) is 1.78. The third-order valence-corrected chi connectivity index (χ3v) is 2.66. The zero-order valence-corrected chi connectivity index (χ0v) is 11.9. The fourth-order valence-corrected chi connectivity index (χ4v) is 1.87. The summed E-state index contributed by atoms with van der Waals surface area (Å²) in [5, 5.41) is 7.43. The molecule has 0 aliphatic rings. The molecule has 0 bridgehead atoms. The van der Waals surface area contributed by atoms with Crippen molar-refractivity contribution in [3.8, 4) is 6.01 Å². The SMILES string of the molecule is CCOC(=O)c1nnc(Sc2nc(Cl)nc(OC)n2)o1. The van der Waals surface area contributed by atoms with Crippen LogP contribution in [0.3, 0.4) is 0 Å². The van der Waals surface area contributed by atoms with Crippen LogP contribution in [-0.2, 0) is 4.74 Å². The van der Waals surface area contributed by atoms with Crippen molar-refractivity contribution in [1.82, 2.24) is 25.1 Å². The van der Waals surface area contributed by atoms with Crippen molar-refractivity contribution >= 4 is 29.3 Å². The first-order valence-corrected chi connectivity index (χ1v) is 6.46. The van der Waals surface area contributed by atoms with E-state index in [-0.39, 0.29) is 34.2 Å². The number of nitrogens with zero attached hydrogens (tertiary/aromatic N) is 5. The number of aromatic nitrogens is 5. The molecule has 0 atom stereocenters. The summed E-state index contributed by atoms with van der Waals surface area (Å²) in [4.78, 5) is 22.9. The number of carbonyl (C=O) groups excluding carboxylic acids is 1. The largest absolute Gasteiger partial charge is 0.467 e. The van der Waals surface area contributed by atoms with Crippen LogP contribution in [0.1, 0.15) is 17.6 Å². The molecule has 0 aliphatic heterocycles. The molecule has 106 valence electrons. The second-order valence-electron chi connectivity index (χ2n) is 3.07. The van der Waals surface area contributed by atoms with Crippen molar-refractivity contribution in [2.45, 2.75) is 17.3 Å². The molecule has 0 aromatic carbocycles. The van der Waals surface area contributed by atoms with E-state index in [1.807, 2.05) is 0 Å². The smallest absolute Gasteiger partial charge is 0.396 e. The van der Waals surface area contributed by atoms with Gasteiger partial charge in [-0.15, -0.1) is 5.10 Å². The van der Waals surface area contributed by atoms with Gasteiger partial charge in [0.15, 0.2) is 0 Å². The second-order valence-corrected chi connectivity index (χ2v) is 4.33. The standard InChI is InChI=1S/C9H8ClN5O4S/c1-3-18-5(16)4-14-15-9(19-4)20-8-12-6(10)11-7(13-8)17-2/h3H2,1-2H3. The average Bonchev–Trinajstić information content (AvgIpc) is 2.87. The minimum Gasteiger partial charge on any atom is -0.467 e. The van der Waals surface area contributed by atoms with E-state index in [1.165, 1.54) is 7.11 Å². The summed E-state index contributed by atoms with van der Waals surface area (Å²) < 4.78 is 14.7. The van der Waals surface area contributed by atoms with E-state index < -0.39 is 5.97 Å². The van der Waals surface area contributed by atoms with Crippen LogP contribution in [0.5, 0.6) is 6.01 Å². The lowest BCUT2D eigenvalue weighted by molar-refractivity contribution is 0.0475. The Bertz CT molecular complexity index is 622. The molecule has 2 aromatic heterocycles. The van der Waals surface area contributed by atoms with Gasteiger partial charge in [0.1, 0.15) is 0 Å². The molecule has 2 aromatic rings. The predicted molar refractivity (Wildman–Crippen MR) is 65.8 cm³/mol. The zero-order valence-electron chi connectivity index (χ0n) is 10.4. The van der Waals surface area contributed by atoms with E-state index in [4.69, 9.17) is 25.5 Å². The van der Waals surface area contributed by atoms with E-state index in [9.17, 15) is 4.79 Å². The van der Waals surface area contributed by atoms with Gasteiger partial charge in [-0.05, 0) is 18.5 Å². The van der Waals surface area contributed by atoms with E-state index in [1.54, 1.807) is 6.92 Å². The van der Waals surface area contributed by atoms with Crippen molar-refractivity contribution in [1.29, 1.82) is 0 Å². The molecule has 11 heteroatoms. The van der Waals surface area contributed by atoms with Gasteiger partial charge >= 0.3 is 17.9 Å². The molecule has 2 rings (SSSR count). The summed E-state index contributed by atoms with van der Waals surface area (Å²) in [5.74, 6) is -0.945. The quantitative estimate of drug-likeness (QED) is 0.746. The number of halogens is 1. The predicted octanol–water partition coefficient (Wildman–Crippen LogP) is 1.24. The maximum Gasteiger partial charge on any atom is 0.396 e. The summed E-state index contributed by atoms with van der Waals surface area (Å²) >= 11 is 6.61. The van der Waals surface area contributed by atoms with Gasteiger partial charge in [0.05, 0.1) is 13.7 Å². The highest BCUT2D eigenvalue weighted by Gasteiger charge is 2.18. The molecule has 0 aliphatic carbocycles. The molecule has 0 unspecified atom stereocenters. The summed E-state index contributed by atoms with van der Waals surface area (Å²) in [7, 11) is 1.39. The first kappa shape index (κ1) is 14.5. The summed E-state index contributed by atoms with van der Waals surface area (Å²) in [6.07, 6.45) is 0. The van der Waals surface area contributed by atoms with Crippen molar-refractivity contribution in [3.05, 3.63) is 11.2 Å². The van der Waals surface area contributed by atoms with Gasteiger partial charge in [0.25, 0.3) is 5.22 Å². The number of methoxy groups -OCH3 is 1. The molecule has 0 spiro atoms. The van der Waals surface area contributed by atoms with Gasteiger partial charge in [-0.3, -0.25) is 0 Å². The Balaban J connectivity index is 2.14. The number of rotatable bonds is 5. The van der Waals surface area contributed by atoms with E-state index in [0.717, 1.165) is 11.8 Å². The third kappa shape index (κ3) is 3.54. The van der Waals surface area contributed by atoms with E-state index >= 15 is 0 Å². The minimum absolute atomic E-state index is 0.0375. The lowest BCUT2D eigenvalue weighted by Gasteiger charge is -1.99. The Morgan fingerprint density at radius 1 is 1.35 bits per heavy atom. The maximum absolute atomic E-state index is 11.4. The monoisotopic (exact) mass is 317 g/mol.